The lowest BCUT2D eigenvalue weighted by Crippen LogP contribution is -2.23. The number of amides is 1. The Bertz CT molecular complexity index is 1500. The summed E-state index contributed by atoms with van der Waals surface area (Å²) in [7, 11) is 1.62. The Morgan fingerprint density at radius 1 is 1.05 bits per heavy atom. The first-order chi connectivity index (χ1) is 18.1. The summed E-state index contributed by atoms with van der Waals surface area (Å²) >= 11 is 1.39. The molecule has 0 fully saturated rings. The highest BCUT2D eigenvalue weighted by Crippen LogP contribution is 2.31. The van der Waals surface area contributed by atoms with Gasteiger partial charge in [-0.15, -0.1) is 10.2 Å². The van der Waals surface area contributed by atoms with E-state index >= 15 is 0 Å². The van der Waals surface area contributed by atoms with E-state index in [1.54, 1.807) is 19.2 Å². The second kappa shape index (κ2) is 11.1. The zero-order valence-corrected chi connectivity index (χ0v) is 20.6. The molecule has 0 saturated heterocycles. The van der Waals surface area contributed by atoms with Gasteiger partial charge in [-0.25, -0.2) is 9.37 Å². The number of hydrogen-bond donors (Lipinski definition) is 1. The van der Waals surface area contributed by atoms with Gasteiger partial charge in [0.2, 0.25) is 5.89 Å². The smallest absolute Gasteiger partial charge is 0.273 e. The normalized spacial score (nSPS) is 10.9. The number of nitrogens with zero attached hydrogens (tertiary/aromatic N) is 4. The standard InChI is InChI=1S/C27H22FN5O3S/c1-35-22-9-5-6-19(14-22)25-31-32-27(33(25)21-7-3-2-4-8-21)37-17-24-30-23(16-36-24)26(34)29-15-18-10-12-20(28)13-11-18/h2-14,16H,15,17H2,1H3,(H,29,34). The van der Waals surface area contributed by atoms with Crippen molar-refractivity contribution in [3.63, 3.8) is 0 Å². The number of thioether (sulfide) groups is 1. The van der Waals surface area contributed by atoms with Gasteiger partial charge in [0, 0.05) is 17.8 Å². The first-order valence-corrected chi connectivity index (χ1v) is 12.3. The lowest BCUT2D eigenvalue weighted by Gasteiger charge is -2.10. The van der Waals surface area contributed by atoms with Crippen molar-refractivity contribution in [2.75, 3.05) is 7.11 Å². The number of rotatable bonds is 9. The summed E-state index contributed by atoms with van der Waals surface area (Å²) < 4.78 is 25.9. The van der Waals surface area contributed by atoms with Crippen LogP contribution in [0, 0.1) is 5.82 Å². The van der Waals surface area contributed by atoms with Crippen molar-refractivity contribution in [1.29, 1.82) is 0 Å². The Hall–Kier alpha value is -4.44. The van der Waals surface area contributed by atoms with Gasteiger partial charge >= 0.3 is 0 Å². The average Bonchev–Trinajstić information content (AvgIpc) is 3.59. The van der Waals surface area contributed by atoms with Gasteiger partial charge in [0.15, 0.2) is 16.7 Å². The maximum Gasteiger partial charge on any atom is 0.273 e. The maximum absolute atomic E-state index is 13.1. The molecule has 37 heavy (non-hydrogen) atoms. The molecule has 0 spiro atoms. The summed E-state index contributed by atoms with van der Waals surface area (Å²) in [5.74, 6) is 1.40. The third-order valence-electron chi connectivity index (χ3n) is 5.45. The molecular formula is C27H22FN5O3S. The molecule has 186 valence electrons. The summed E-state index contributed by atoms with van der Waals surface area (Å²) in [5, 5.41) is 12.2. The molecular weight excluding hydrogens is 493 g/mol. The Labute approximate surface area is 216 Å². The van der Waals surface area contributed by atoms with Crippen LogP contribution in [0.4, 0.5) is 4.39 Å². The monoisotopic (exact) mass is 515 g/mol. The van der Waals surface area contributed by atoms with Gasteiger partial charge in [-0.1, -0.05) is 54.2 Å². The molecule has 1 amide bonds. The van der Waals surface area contributed by atoms with Crippen molar-refractivity contribution in [1.82, 2.24) is 25.1 Å². The van der Waals surface area contributed by atoms with Crippen LogP contribution < -0.4 is 10.1 Å². The van der Waals surface area contributed by atoms with E-state index in [2.05, 4.69) is 20.5 Å². The van der Waals surface area contributed by atoms with Gasteiger partial charge in [0.1, 0.15) is 17.8 Å². The fourth-order valence-corrected chi connectivity index (χ4v) is 4.41. The zero-order chi connectivity index (χ0) is 25.6. The minimum Gasteiger partial charge on any atom is -0.497 e. The van der Waals surface area contributed by atoms with Crippen molar-refractivity contribution in [3.05, 3.63) is 108 Å². The number of para-hydroxylation sites is 1. The minimum absolute atomic E-state index is 0.166. The van der Waals surface area contributed by atoms with Crippen molar-refractivity contribution in [2.45, 2.75) is 17.5 Å². The predicted octanol–water partition coefficient (Wildman–Crippen LogP) is 5.29. The molecule has 1 N–H and O–H groups in total. The van der Waals surface area contributed by atoms with Crippen LogP contribution in [-0.4, -0.2) is 32.8 Å². The molecule has 5 rings (SSSR count). The van der Waals surface area contributed by atoms with Crippen molar-refractivity contribution >= 4 is 17.7 Å². The number of benzene rings is 3. The highest BCUT2D eigenvalue weighted by Gasteiger charge is 2.18. The van der Waals surface area contributed by atoms with E-state index in [1.165, 1.54) is 30.2 Å². The fraction of sp³-hybridized carbons (Fsp3) is 0.111. The Kier molecular flexibility index (Phi) is 7.27. The molecule has 0 atom stereocenters. The van der Waals surface area contributed by atoms with Crippen LogP contribution in [0.3, 0.4) is 0 Å². The third kappa shape index (κ3) is 5.70. The van der Waals surface area contributed by atoms with E-state index in [-0.39, 0.29) is 24.0 Å². The first kappa shape index (κ1) is 24.3. The first-order valence-electron chi connectivity index (χ1n) is 11.4. The van der Waals surface area contributed by atoms with E-state index in [9.17, 15) is 9.18 Å². The second-order valence-electron chi connectivity index (χ2n) is 7.93. The zero-order valence-electron chi connectivity index (χ0n) is 19.8. The largest absolute Gasteiger partial charge is 0.497 e. The lowest BCUT2D eigenvalue weighted by molar-refractivity contribution is 0.0946. The quantitative estimate of drug-likeness (QED) is 0.267. The summed E-state index contributed by atoms with van der Waals surface area (Å²) in [6.07, 6.45) is 1.32. The molecule has 0 aliphatic heterocycles. The van der Waals surface area contributed by atoms with Crippen LogP contribution in [0.15, 0.2) is 94.7 Å². The summed E-state index contributed by atoms with van der Waals surface area (Å²) in [4.78, 5) is 16.8. The van der Waals surface area contributed by atoms with Crippen LogP contribution in [0.25, 0.3) is 17.1 Å². The van der Waals surface area contributed by atoms with Gasteiger partial charge in [-0.2, -0.15) is 0 Å². The third-order valence-corrected chi connectivity index (χ3v) is 6.36. The summed E-state index contributed by atoms with van der Waals surface area (Å²) in [6.45, 7) is 0.253. The highest BCUT2D eigenvalue weighted by atomic mass is 32.2. The van der Waals surface area contributed by atoms with Gasteiger partial charge < -0.3 is 14.5 Å². The van der Waals surface area contributed by atoms with Crippen LogP contribution >= 0.6 is 11.8 Å². The van der Waals surface area contributed by atoms with Crippen LogP contribution in [0.2, 0.25) is 0 Å². The molecule has 3 aromatic carbocycles. The minimum atomic E-state index is -0.378. The van der Waals surface area contributed by atoms with Crippen LogP contribution in [0.5, 0.6) is 5.75 Å². The molecule has 0 bridgehead atoms. The van der Waals surface area contributed by atoms with Gasteiger partial charge in [-0.3, -0.25) is 9.36 Å². The Balaban J connectivity index is 1.31. The highest BCUT2D eigenvalue weighted by molar-refractivity contribution is 7.98. The van der Waals surface area contributed by atoms with E-state index in [0.717, 1.165) is 22.6 Å². The van der Waals surface area contributed by atoms with Crippen LogP contribution in [0.1, 0.15) is 21.9 Å². The molecule has 2 heterocycles. The van der Waals surface area contributed by atoms with Crippen molar-refractivity contribution < 1.29 is 18.3 Å². The summed E-state index contributed by atoms with van der Waals surface area (Å²) in [5.41, 5.74) is 2.71. The number of oxazole rings is 1. The number of ether oxygens (including phenoxy) is 1. The van der Waals surface area contributed by atoms with Gasteiger partial charge in [0.05, 0.1) is 12.9 Å². The number of carbonyl (C=O) groups is 1. The lowest BCUT2D eigenvalue weighted by atomic mass is 10.2. The molecule has 10 heteroatoms. The second-order valence-corrected chi connectivity index (χ2v) is 8.88. The number of hydrogen-bond acceptors (Lipinski definition) is 7. The summed E-state index contributed by atoms with van der Waals surface area (Å²) in [6, 6.07) is 23.4. The number of aromatic nitrogens is 4. The number of nitrogens with one attached hydrogen (secondary N) is 1. The molecule has 5 aromatic rings. The molecule has 0 aliphatic rings. The topological polar surface area (TPSA) is 95.1 Å². The molecule has 2 aromatic heterocycles. The molecule has 0 unspecified atom stereocenters. The van der Waals surface area contributed by atoms with E-state index in [4.69, 9.17) is 9.15 Å². The van der Waals surface area contributed by atoms with E-state index in [0.29, 0.717) is 22.6 Å². The van der Waals surface area contributed by atoms with Crippen molar-refractivity contribution in [3.8, 4) is 22.8 Å². The Morgan fingerprint density at radius 2 is 1.86 bits per heavy atom. The average molecular weight is 516 g/mol. The van der Waals surface area contributed by atoms with Crippen molar-refractivity contribution in [2.24, 2.45) is 0 Å². The predicted molar refractivity (Wildman–Crippen MR) is 137 cm³/mol. The number of carbonyl (C=O) groups excluding carboxylic acids is 1. The molecule has 0 aliphatic carbocycles. The molecule has 0 saturated carbocycles. The molecule has 0 radical (unpaired) electrons. The molecule has 8 nitrogen and oxygen atoms in total. The number of methoxy groups -OCH3 is 1. The van der Waals surface area contributed by atoms with Gasteiger partial charge in [0.25, 0.3) is 5.91 Å². The van der Waals surface area contributed by atoms with Crippen LogP contribution in [-0.2, 0) is 12.3 Å². The number of halogens is 1. The Morgan fingerprint density at radius 3 is 2.65 bits per heavy atom. The fourth-order valence-electron chi connectivity index (χ4n) is 3.61. The maximum atomic E-state index is 13.1. The SMILES string of the molecule is COc1cccc(-c2nnc(SCc3nc(C(=O)NCc4ccc(F)cc4)co3)n2-c2ccccc2)c1. The van der Waals surface area contributed by atoms with Gasteiger partial charge in [-0.05, 0) is 42.0 Å². The van der Waals surface area contributed by atoms with E-state index < -0.39 is 0 Å². The van der Waals surface area contributed by atoms with E-state index in [1.807, 2.05) is 59.2 Å².